The quantitative estimate of drug-likeness (QED) is 0.737. The molecule has 0 radical (unpaired) electrons. The first-order valence-corrected chi connectivity index (χ1v) is 7.50. The topological polar surface area (TPSA) is 46.3 Å². The molecule has 0 bridgehead atoms. The first-order chi connectivity index (χ1) is 11.2. The lowest BCUT2D eigenvalue weighted by Gasteiger charge is -2.23. The van der Waals surface area contributed by atoms with E-state index in [1.165, 1.54) is 0 Å². The van der Waals surface area contributed by atoms with Crippen molar-refractivity contribution in [3.05, 3.63) is 96.1 Å². The van der Waals surface area contributed by atoms with Crippen LogP contribution in [0.5, 0.6) is 0 Å². The SMILES string of the molecule is Nc1cccc(C(=O)N(Cc2ccccc2)c2ccccc2)c1. The van der Waals surface area contributed by atoms with Crippen LogP contribution in [0.3, 0.4) is 0 Å². The summed E-state index contributed by atoms with van der Waals surface area (Å²) in [4.78, 5) is 14.7. The number of hydrogen-bond acceptors (Lipinski definition) is 2. The molecule has 0 aromatic heterocycles. The number of anilines is 2. The van der Waals surface area contributed by atoms with E-state index in [1.54, 1.807) is 29.2 Å². The molecule has 0 aliphatic carbocycles. The van der Waals surface area contributed by atoms with Crippen LogP contribution in [0.15, 0.2) is 84.9 Å². The zero-order chi connectivity index (χ0) is 16.1. The van der Waals surface area contributed by atoms with Crippen LogP contribution in [0.4, 0.5) is 11.4 Å². The van der Waals surface area contributed by atoms with Crippen LogP contribution in [0.25, 0.3) is 0 Å². The van der Waals surface area contributed by atoms with Crippen LogP contribution in [-0.4, -0.2) is 5.91 Å². The number of carbonyl (C=O) groups is 1. The predicted molar refractivity (Wildman–Crippen MR) is 94.3 cm³/mol. The molecule has 0 atom stereocenters. The lowest BCUT2D eigenvalue weighted by atomic mass is 10.1. The van der Waals surface area contributed by atoms with Gasteiger partial charge in [-0.2, -0.15) is 0 Å². The van der Waals surface area contributed by atoms with Crippen LogP contribution in [0.2, 0.25) is 0 Å². The second kappa shape index (κ2) is 6.79. The van der Waals surface area contributed by atoms with Gasteiger partial charge >= 0.3 is 0 Å². The molecule has 3 heteroatoms. The fourth-order valence-corrected chi connectivity index (χ4v) is 2.48. The third-order valence-electron chi connectivity index (χ3n) is 3.63. The third-order valence-corrected chi connectivity index (χ3v) is 3.63. The molecule has 3 rings (SSSR count). The highest BCUT2D eigenvalue weighted by Crippen LogP contribution is 2.20. The van der Waals surface area contributed by atoms with Gasteiger partial charge in [-0.1, -0.05) is 54.6 Å². The van der Waals surface area contributed by atoms with Crippen LogP contribution < -0.4 is 10.6 Å². The third kappa shape index (κ3) is 3.58. The highest BCUT2D eigenvalue weighted by Gasteiger charge is 2.18. The van der Waals surface area contributed by atoms with Gasteiger partial charge in [0.15, 0.2) is 0 Å². The molecule has 2 N–H and O–H groups in total. The number of carbonyl (C=O) groups excluding carboxylic acids is 1. The van der Waals surface area contributed by atoms with Gasteiger partial charge in [-0.05, 0) is 35.9 Å². The van der Waals surface area contributed by atoms with Gasteiger partial charge in [-0.15, -0.1) is 0 Å². The average Bonchev–Trinajstić information content (AvgIpc) is 2.61. The Morgan fingerprint density at radius 1 is 0.826 bits per heavy atom. The number of nitrogens with zero attached hydrogens (tertiary/aromatic N) is 1. The predicted octanol–water partition coefficient (Wildman–Crippen LogP) is 4.12. The number of hydrogen-bond donors (Lipinski definition) is 1. The highest BCUT2D eigenvalue weighted by molar-refractivity contribution is 6.06. The number of para-hydroxylation sites is 1. The summed E-state index contributed by atoms with van der Waals surface area (Å²) in [5.41, 5.74) is 8.93. The maximum atomic E-state index is 13.0. The molecule has 0 heterocycles. The smallest absolute Gasteiger partial charge is 0.258 e. The zero-order valence-corrected chi connectivity index (χ0v) is 12.7. The van der Waals surface area contributed by atoms with E-state index < -0.39 is 0 Å². The highest BCUT2D eigenvalue weighted by atomic mass is 16.2. The molecular weight excluding hydrogens is 284 g/mol. The summed E-state index contributed by atoms with van der Waals surface area (Å²) in [7, 11) is 0. The largest absolute Gasteiger partial charge is 0.399 e. The molecule has 3 aromatic rings. The molecule has 3 aromatic carbocycles. The van der Waals surface area contributed by atoms with Crippen LogP contribution in [0, 0.1) is 0 Å². The van der Waals surface area contributed by atoms with Crippen molar-refractivity contribution < 1.29 is 4.79 Å². The molecular formula is C20H18N2O. The summed E-state index contributed by atoms with van der Waals surface area (Å²) >= 11 is 0. The van der Waals surface area contributed by atoms with E-state index in [0.717, 1.165) is 11.3 Å². The molecule has 0 saturated heterocycles. The van der Waals surface area contributed by atoms with E-state index in [-0.39, 0.29) is 5.91 Å². The number of nitrogens with two attached hydrogens (primary N) is 1. The Morgan fingerprint density at radius 2 is 1.48 bits per heavy atom. The van der Waals surface area contributed by atoms with Crippen molar-refractivity contribution in [3.8, 4) is 0 Å². The van der Waals surface area contributed by atoms with E-state index in [1.807, 2.05) is 60.7 Å². The van der Waals surface area contributed by atoms with Crippen molar-refractivity contribution in [1.82, 2.24) is 0 Å². The molecule has 0 saturated carbocycles. The van der Waals surface area contributed by atoms with E-state index in [4.69, 9.17) is 5.73 Å². The fourth-order valence-electron chi connectivity index (χ4n) is 2.48. The summed E-state index contributed by atoms with van der Waals surface area (Å²) in [6.45, 7) is 0.512. The van der Waals surface area contributed by atoms with Gasteiger partial charge in [-0.3, -0.25) is 4.79 Å². The van der Waals surface area contributed by atoms with Crippen molar-refractivity contribution in [2.24, 2.45) is 0 Å². The summed E-state index contributed by atoms with van der Waals surface area (Å²) in [5, 5.41) is 0. The first-order valence-electron chi connectivity index (χ1n) is 7.50. The Balaban J connectivity index is 1.96. The molecule has 0 aliphatic rings. The van der Waals surface area contributed by atoms with Crippen molar-refractivity contribution in [3.63, 3.8) is 0 Å². The number of rotatable bonds is 4. The van der Waals surface area contributed by atoms with Gasteiger partial charge in [0.25, 0.3) is 5.91 Å². The molecule has 0 aliphatic heterocycles. The van der Waals surface area contributed by atoms with E-state index in [2.05, 4.69) is 0 Å². The van der Waals surface area contributed by atoms with E-state index in [0.29, 0.717) is 17.8 Å². The monoisotopic (exact) mass is 302 g/mol. The van der Waals surface area contributed by atoms with E-state index in [9.17, 15) is 4.79 Å². The first kappa shape index (κ1) is 14.9. The van der Waals surface area contributed by atoms with Crippen LogP contribution in [0.1, 0.15) is 15.9 Å². The van der Waals surface area contributed by atoms with Crippen LogP contribution in [-0.2, 0) is 6.54 Å². The Hall–Kier alpha value is -3.07. The molecule has 1 amide bonds. The molecule has 0 spiro atoms. The van der Waals surface area contributed by atoms with Gasteiger partial charge in [0, 0.05) is 16.9 Å². The van der Waals surface area contributed by atoms with Gasteiger partial charge in [0.2, 0.25) is 0 Å². The minimum atomic E-state index is -0.0626. The summed E-state index contributed by atoms with van der Waals surface area (Å²) in [6.07, 6.45) is 0. The van der Waals surface area contributed by atoms with Gasteiger partial charge in [0.05, 0.1) is 6.54 Å². The second-order valence-electron chi connectivity index (χ2n) is 5.34. The summed E-state index contributed by atoms with van der Waals surface area (Å²) < 4.78 is 0. The minimum absolute atomic E-state index is 0.0626. The Kier molecular flexibility index (Phi) is 4.39. The van der Waals surface area contributed by atoms with Gasteiger partial charge < -0.3 is 10.6 Å². The Bertz CT molecular complexity index is 785. The molecule has 3 nitrogen and oxygen atoms in total. The zero-order valence-electron chi connectivity index (χ0n) is 12.7. The van der Waals surface area contributed by atoms with Crippen LogP contribution >= 0.6 is 0 Å². The average molecular weight is 302 g/mol. The standard InChI is InChI=1S/C20H18N2O/c21-18-11-7-10-17(14-18)20(23)22(19-12-5-2-6-13-19)15-16-8-3-1-4-9-16/h1-14H,15,21H2. The number of nitrogen functional groups attached to an aromatic ring is 1. The normalized spacial score (nSPS) is 10.3. The fraction of sp³-hybridized carbons (Fsp3) is 0.0500. The molecule has 114 valence electrons. The van der Waals surface area contributed by atoms with E-state index >= 15 is 0 Å². The van der Waals surface area contributed by atoms with Gasteiger partial charge in [0.1, 0.15) is 0 Å². The lowest BCUT2D eigenvalue weighted by Crippen LogP contribution is -2.30. The van der Waals surface area contributed by atoms with Gasteiger partial charge in [-0.25, -0.2) is 0 Å². The Labute approximate surface area is 136 Å². The number of benzene rings is 3. The second-order valence-corrected chi connectivity index (χ2v) is 5.34. The van der Waals surface area contributed by atoms with Crippen molar-refractivity contribution >= 4 is 17.3 Å². The minimum Gasteiger partial charge on any atom is -0.399 e. The molecule has 0 fully saturated rings. The summed E-state index contributed by atoms with van der Waals surface area (Å²) in [6, 6.07) is 26.7. The maximum absolute atomic E-state index is 13.0. The maximum Gasteiger partial charge on any atom is 0.258 e. The summed E-state index contributed by atoms with van der Waals surface area (Å²) in [5.74, 6) is -0.0626. The molecule has 23 heavy (non-hydrogen) atoms. The van der Waals surface area contributed by atoms with Crippen molar-refractivity contribution in [2.45, 2.75) is 6.54 Å². The van der Waals surface area contributed by atoms with Crippen molar-refractivity contribution in [2.75, 3.05) is 10.6 Å². The Morgan fingerprint density at radius 3 is 2.13 bits per heavy atom. The van der Waals surface area contributed by atoms with Crippen molar-refractivity contribution in [1.29, 1.82) is 0 Å². The lowest BCUT2D eigenvalue weighted by molar-refractivity contribution is 0.0985. The molecule has 0 unspecified atom stereocenters. The number of amides is 1.